The van der Waals surface area contributed by atoms with E-state index in [1.54, 1.807) is 12.1 Å². The van der Waals surface area contributed by atoms with Gasteiger partial charge in [-0.2, -0.15) is 10.2 Å². The van der Waals surface area contributed by atoms with Gasteiger partial charge in [0.05, 0.1) is 29.6 Å². The summed E-state index contributed by atoms with van der Waals surface area (Å²) in [5.74, 6) is 0.0831. The maximum atomic E-state index is 12.5. The number of aromatic nitrogens is 2. The Labute approximate surface area is 170 Å². The van der Waals surface area contributed by atoms with Crippen LogP contribution in [0.15, 0.2) is 59.7 Å². The number of amides is 1. The van der Waals surface area contributed by atoms with Crippen molar-refractivity contribution in [3.8, 4) is 17.2 Å². The van der Waals surface area contributed by atoms with Gasteiger partial charge in [-0.15, -0.1) is 11.3 Å². The molecule has 2 aromatic heterocycles. The summed E-state index contributed by atoms with van der Waals surface area (Å²) in [6, 6.07) is 16.4. The first-order valence-corrected chi connectivity index (χ1v) is 9.63. The maximum Gasteiger partial charge on any atom is 0.281 e. The van der Waals surface area contributed by atoms with Gasteiger partial charge < -0.3 is 9.84 Å². The lowest BCUT2D eigenvalue weighted by molar-refractivity contribution is 0.0959. The van der Waals surface area contributed by atoms with E-state index in [1.807, 2.05) is 48.0 Å². The summed E-state index contributed by atoms with van der Waals surface area (Å²) in [7, 11) is 1.47. The maximum absolute atomic E-state index is 12.5. The van der Waals surface area contributed by atoms with E-state index in [4.69, 9.17) is 4.74 Å². The number of methoxy groups -OCH3 is 1. The van der Waals surface area contributed by atoms with Crippen LogP contribution >= 0.6 is 11.3 Å². The minimum atomic E-state index is -0.299. The average Bonchev–Trinajstić information content (AvgIpc) is 3.30. The number of rotatable bonds is 5. The number of ether oxygens (including phenoxy) is 1. The first-order valence-electron chi connectivity index (χ1n) is 8.82. The first kappa shape index (κ1) is 18.7. The molecule has 0 fully saturated rings. The van der Waals surface area contributed by atoms with Crippen LogP contribution in [0, 0.1) is 6.92 Å². The molecular weight excluding hydrogens is 388 g/mol. The average molecular weight is 406 g/mol. The summed E-state index contributed by atoms with van der Waals surface area (Å²) in [5.41, 5.74) is 5.03. The first-order chi connectivity index (χ1) is 14.1. The number of carbonyl (C=O) groups is 1. The Kier molecular flexibility index (Phi) is 5.01. The van der Waals surface area contributed by atoms with Gasteiger partial charge >= 0.3 is 0 Å². The highest BCUT2D eigenvalue weighted by molar-refractivity contribution is 7.20. The van der Waals surface area contributed by atoms with Gasteiger partial charge in [-0.3, -0.25) is 4.79 Å². The number of phenols is 1. The zero-order valence-electron chi connectivity index (χ0n) is 15.8. The SMILES string of the molecule is COc1cc(/C=N/NC(=O)c2cc3c(C)nn(-c4ccccc4)c3s2)ccc1O. The van der Waals surface area contributed by atoms with Crippen molar-refractivity contribution in [2.45, 2.75) is 6.92 Å². The van der Waals surface area contributed by atoms with Crippen molar-refractivity contribution in [1.29, 1.82) is 0 Å². The normalized spacial score (nSPS) is 11.2. The Balaban J connectivity index is 1.55. The van der Waals surface area contributed by atoms with Gasteiger partial charge in [-0.05, 0) is 48.9 Å². The molecule has 7 nitrogen and oxygen atoms in total. The number of fused-ring (bicyclic) bond motifs is 1. The second-order valence-electron chi connectivity index (χ2n) is 6.29. The molecule has 0 aliphatic rings. The van der Waals surface area contributed by atoms with Gasteiger partial charge in [0.15, 0.2) is 11.5 Å². The summed E-state index contributed by atoms with van der Waals surface area (Å²) in [6.07, 6.45) is 1.49. The second-order valence-corrected chi connectivity index (χ2v) is 7.32. The van der Waals surface area contributed by atoms with Crippen molar-refractivity contribution in [2.75, 3.05) is 7.11 Å². The molecule has 0 unspecified atom stereocenters. The molecule has 2 N–H and O–H groups in total. The number of hydrogen-bond donors (Lipinski definition) is 2. The summed E-state index contributed by atoms with van der Waals surface area (Å²) in [4.78, 5) is 14.0. The summed E-state index contributed by atoms with van der Waals surface area (Å²) in [6.45, 7) is 1.92. The molecule has 0 radical (unpaired) electrons. The summed E-state index contributed by atoms with van der Waals surface area (Å²) in [5, 5.41) is 19.2. The van der Waals surface area contributed by atoms with Crippen molar-refractivity contribution in [3.05, 3.63) is 70.7 Å². The van der Waals surface area contributed by atoms with Crippen molar-refractivity contribution in [3.63, 3.8) is 0 Å². The number of hydrogen-bond acceptors (Lipinski definition) is 6. The highest BCUT2D eigenvalue weighted by Crippen LogP contribution is 2.30. The number of nitrogens with zero attached hydrogens (tertiary/aromatic N) is 3. The van der Waals surface area contributed by atoms with Gasteiger partial charge in [0.1, 0.15) is 4.83 Å². The largest absolute Gasteiger partial charge is 0.504 e. The molecule has 0 saturated heterocycles. The van der Waals surface area contributed by atoms with Gasteiger partial charge in [0.2, 0.25) is 0 Å². The van der Waals surface area contributed by atoms with Crippen LogP contribution in [0.5, 0.6) is 11.5 Å². The van der Waals surface area contributed by atoms with Gasteiger partial charge in [-0.1, -0.05) is 18.2 Å². The number of para-hydroxylation sites is 1. The molecule has 0 aliphatic carbocycles. The van der Waals surface area contributed by atoms with E-state index in [0.29, 0.717) is 16.2 Å². The molecule has 4 aromatic rings. The smallest absolute Gasteiger partial charge is 0.281 e. The fourth-order valence-corrected chi connectivity index (χ4v) is 3.97. The Bertz CT molecular complexity index is 1210. The van der Waals surface area contributed by atoms with Crippen molar-refractivity contribution < 1.29 is 14.6 Å². The molecular formula is C21H18N4O3S. The topological polar surface area (TPSA) is 88.7 Å². The predicted octanol–water partition coefficient (Wildman–Crippen LogP) is 3.87. The van der Waals surface area contributed by atoms with Gasteiger partial charge in [0.25, 0.3) is 5.91 Å². The van der Waals surface area contributed by atoms with Crippen LogP contribution in [0.2, 0.25) is 0 Å². The molecule has 4 rings (SSSR count). The minimum Gasteiger partial charge on any atom is -0.504 e. The Morgan fingerprint density at radius 2 is 2.03 bits per heavy atom. The summed E-state index contributed by atoms with van der Waals surface area (Å²) >= 11 is 1.36. The van der Waals surface area contributed by atoms with Crippen molar-refractivity contribution in [1.82, 2.24) is 15.2 Å². The van der Waals surface area contributed by atoms with Crippen LogP contribution in [0.3, 0.4) is 0 Å². The number of carbonyl (C=O) groups excluding carboxylic acids is 1. The third-order valence-electron chi connectivity index (χ3n) is 4.35. The molecule has 29 heavy (non-hydrogen) atoms. The number of aryl methyl sites for hydroxylation is 1. The van der Waals surface area contributed by atoms with Crippen LogP contribution in [-0.2, 0) is 0 Å². The highest BCUT2D eigenvalue weighted by Gasteiger charge is 2.16. The lowest BCUT2D eigenvalue weighted by Crippen LogP contribution is -2.16. The van der Waals surface area contributed by atoms with E-state index in [9.17, 15) is 9.90 Å². The molecule has 146 valence electrons. The fraction of sp³-hybridized carbons (Fsp3) is 0.0952. The van der Waals surface area contributed by atoms with Gasteiger partial charge in [-0.25, -0.2) is 10.1 Å². The second kappa shape index (κ2) is 7.76. The number of nitrogens with one attached hydrogen (secondary N) is 1. The Morgan fingerprint density at radius 3 is 2.79 bits per heavy atom. The molecule has 0 saturated carbocycles. The standard InChI is InChI=1S/C21H18N4O3S/c1-13-16-11-19(29-21(16)25(24-13)15-6-4-3-5-7-15)20(27)23-22-12-14-8-9-17(26)18(10-14)28-2/h3-12,26H,1-2H3,(H,23,27)/b22-12+. The minimum absolute atomic E-state index is 0.0433. The van der Waals surface area contributed by atoms with Crippen LogP contribution in [0.1, 0.15) is 20.9 Å². The monoisotopic (exact) mass is 406 g/mol. The lowest BCUT2D eigenvalue weighted by Gasteiger charge is -2.03. The van der Waals surface area contributed by atoms with Crippen molar-refractivity contribution in [2.24, 2.45) is 5.10 Å². The van der Waals surface area contributed by atoms with E-state index < -0.39 is 0 Å². The van der Waals surface area contributed by atoms with Crippen molar-refractivity contribution >= 4 is 33.7 Å². The molecule has 8 heteroatoms. The fourth-order valence-electron chi connectivity index (χ4n) is 2.90. The molecule has 0 bridgehead atoms. The third-order valence-corrected chi connectivity index (χ3v) is 5.46. The van der Waals surface area contributed by atoms with Crippen LogP contribution in [-0.4, -0.2) is 34.1 Å². The summed E-state index contributed by atoms with van der Waals surface area (Å²) < 4.78 is 6.91. The van der Waals surface area contributed by atoms with E-state index >= 15 is 0 Å². The number of hydrazone groups is 1. The lowest BCUT2D eigenvalue weighted by atomic mass is 10.2. The molecule has 2 aromatic carbocycles. The highest BCUT2D eigenvalue weighted by atomic mass is 32.1. The zero-order chi connectivity index (χ0) is 20.4. The number of thiophene rings is 1. The third kappa shape index (κ3) is 3.70. The molecule has 1 amide bonds. The number of aromatic hydroxyl groups is 1. The van der Waals surface area contributed by atoms with Crippen LogP contribution in [0.4, 0.5) is 0 Å². The molecule has 0 atom stereocenters. The number of benzene rings is 2. The van der Waals surface area contributed by atoms with Crippen LogP contribution in [0.25, 0.3) is 15.9 Å². The van der Waals surface area contributed by atoms with E-state index in [1.165, 1.54) is 30.7 Å². The molecule has 0 spiro atoms. The van der Waals surface area contributed by atoms with E-state index in [0.717, 1.165) is 21.6 Å². The predicted molar refractivity (Wildman–Crippen MR) is 113 cm³/mol. The zero-order valence-corrected chi connectivity index (χ0v) is 16.6. The quantitative estimate of drug-likeness (QED) is 0.389. The van der Waals surface area contributed by atoms with E-state index in [-0.39, 0.29) is 11.7 Å². The Morgan fingerprint density at radius 1 is 1.24 bits per heavy atom. The Hall–Kier alpha value is -3.65. The van der Waals surface area contributed by atoms with Crippen LogP contribution < -0.4 is 10.2 Å². The van der Waals surface area contributed by atoms with E-state index in [2.05, 4.69) is 15.6 Å². The molecule has 2 heterocycles. The molecule has 0 aliphatic heterocycles. The number of phenolic OH excluding ortho intramolecular Hbond substituents is 1. The van der Waals surface area contributed by atoms with Gasteiger partial charge in [0, 0.05) is 5.39 Å².